The summed E-state index contributed by atoms with van der Waals surface area (Å²) in [5, 5.41) is 4.31. The van der Waals surface area contributed by atoms with Crippen molar-refractivity contribution in [1.29, 1.82) is 0 Å². The molecular weight excluding hydrogens is 244 g/mol. The van der Waals surface area contributed by atoms with E-state index >= 15 is 0 Å². The van der Waals surface area contributed by atoms with Gasteiger partial charge in [-0.3, -0.25) is 0 Å². The molecule has 14 heavy (non-hydrogen) atoms. The van der Waals surface area contributed by atoms with Gasteiger partial charge < -0.3 is 5.32 Å². The van der Waals surface area contributed by atoms with E-state index in [0.717, 1.165) is 13.1 Å². The molecule has 0 amide bonds. The van der Waals surface area contributed by atoms with Crippen LogP contribution in [0.1, 0.15) is 27.7 Å². The summed E-state index contributed by atoms with van der Waals surface area (Å²) in [6.45, 7) is 13.7. The standard InChI is InChI=1S/C10H14N.C2H6.Rb/c1-4-8(3)10-7-11-6-9(10)5-2;1-2;/h4-5H,1,6-7H2,2-3H3;1-2H3;/q-1;;+1/b9-5-,10-8-;;. The fourth-order valence-electron chi connectivity index (χ4n) is 1.25. The summed E-state index contributed by atoms with van der Waals surface area (Å²) < 4.78 is 0. The molecule has 1 rings (SSSR count). The van der Waals surface area contributed by atoms with Gasteiger partial charge in [-0.2, -0.15) is 0 Å². The Hall–Kier alpha value is 0.985. The zero-order chi connectivity index (χ0) is 10.3. The van der Waals surface area contributed by atoms with E-state index in [9.17, 15) is 0 Å². The van der Waals surface area contributed by atoms with Crippen LogP contribution in [0.3, 0.4) is 0 Å². The number of hydrogen-bond donors (Lipinski definition) is 0. The maximum absolute atomic E-state index is 4.31. The summed E-state index contributed by atoms with van der Waals surface area (Å²) >= 11 is 0. The molecule has 0 atom stereocenters. The molecule has 0 aromatic rings. The average molecular weight is 264 g/mol. The second-order valence-corrected chi connectivity index (χ2v) is 2.72. The van der Waals surface area contributed by atoms with Gasteiger partial charge >= 0.3 is 58.2 Å². The molecule has 1 aliphatic heterocycles. The van der Waals surface area contributed by atoms with Crippen molar-refractivity contribution in [1.82, 2.24) is 0 Å². The Kier molecular flexibility index (Phi) is 13.0. The van der Waals surface area contributed by atoms with Gasteiger partial charge in [0.2, 0.25) is 0 Å². The summed E-state index contributed by atoms with van der Waals surface area (Å²) in [7, 11) is 0. The van der Waals surface area contributed by atoms with E-state index in [1.54, 1.807) is 0 Å². The van der Waals surface area contributed by atoms with Crippen LogP contribution in [-0.2, 0) is 0 Å². The van der Waals surface area contributed by atoms with E-state index in [0.29, 0.717) is 0 Å². The molecule has 0 N–H and O–H groups in total. The van der Waals surface area contributed by atoms with E-state index < -0.39 is 0 Å². The molecule has 0 aromatic carbocycles. The predicted molar refractivity (Wildman–Crippen MR) is 61.1 cm³/mol. The second kappa shape index (κ2) is 10.5. The fraction of sp³-hybridized carbons (Fsp3) is 0.500. The van der Waals surface area contributed by atoms with Gasteiger partial charge in [0.15, 0.2) is 0 Å². The Morgan fingerprint density at radius 1 is 1.36 bits per heavy atom. The first kappa shape index (κ1) is 17.4. The van der Waals surface area contributed by atoms with Crippen LogP contribution in [-0.4, -0.2) is 13.1 Å². The predicted octanol–water partition coefficient (Wildman–Crippen LogP) is 0.853. The maximum atomic E-state index is 4.31. The van der Waals surface area contributed by atoms with Gasteiger partial charge in [0, 0.05) is 0 Å². The molecule has 0 aliphatic carbocycles. The molecule has 0 bridgehead atoms. The van der Waals surface area contributed by atoms with Crippen molar-refractivity contribution in [3.63, 3.8) is 0 Å². The van der Waals surface area contributed by atoms with Crippen molar-refractivity contribution >= 4 is 0 Å². The van der Waals surface area contributed by atoms with Gasteiger partial charge in [0.25, 0.3) is 0 Å². The number of rotatable bonds is 1. The molecule has 0 unspecified atom stereocenters. The van der Waals surface area contributed by atoms with Gasteiger partial charge in [0.1, 0.15) is 0 Å². The third-order valence-corrected chi connectivity index (χ3v) is 2.07. The monoisotopic (exact) mass is 263 g/mol. The first-order chi connectivity index (χ1) is 6.29. The van der Waals surface area contributed by atoms with Gasteiger partial charge in [0.05, 0.1) is 0 Å². The Balaban J connectivity index is 0. The Labute approximate surface area is 138 Å². The molecule has 1 fully saturated rings. The third kappa shape index (κ3) is 5.17. The van der Waals surface area contributed by atoms with Crippen LogP contribution in [0.2, 0.25) is 0 Å². The van der Waals surface area contributed by atoms with Crippen LogP contribution < -0.4 is 58.2 Å². The van der Waals surface area contributed by atoms with E-state index in [2.05, 4.69) is 31.8 Å². The van der Waals surface area contributed by atoms with E-state index in [1.807, 2.05) is 19.9 Å². The molecule has 0 radical (unpaired) electrons. The molecule has 2 heteroatoms. The van der Waals surface area contributed by atoms with Crippen molar-refractivity contribution in [3.8, 4) is 0 Å². The molecule has 1 nitrogen and oxygen atoms in total. The molecule has 0 saturated carbocycles. The number of hydrogen-bond acceptors (Lipinski definition) is 0. The van der Waals surface area contributed by atoms with Gasteiger partial charge in [-0.25, -0.2) is 0 Å². The number of allylic oxidation sites excluding steroid dienone is 3. The van der Waals surface area contributed by atoms with Crippen LogP contribution in [0.15, 0.2) is 35.5 Å². The zero-order valence-electron chi connectivity index (χ0n) is 10.2. The first-order valence-electron chi connectivity index (χ1n) is 4.90. The van der Waals surface area contributed by atoms with Crippen molar-refractivity contribution in [2.45, 2.75) is 27.7 Å². The Morgan fingerprint density at radius 3 is 2.36 bits per heavy atom. The molecule has 74 valence electrons. The van der Waals surface area contributed by atoms with Crippen LogP contribution in [0.25, 0.3) is 5.32 Å². The average Bonchev–Trinajstić information content (AvgIpc) is 2.67. The Bertz CT molecular complexity index is 226. The summed E-state index contributed by atoms with van der Waals surface area (Å²) in [5.74, 6) is 0. The topological polar surface area (TPSA) is 14.1 Å². The van der Waals surface area contributed by atoms with E-state index in [-0.39, 0.29) is 58.2 Å². The van der Waals surface area contributed by atoms with Crippen molar-refractivity contribution in [2.75, 3.05) is 13.1 Å². The quantitative estimate of drug-likeness (QED) is 0.666. The third-order valence-electron chi connectivity index (χ3n) is 2.07. The summed E-state index contributed by atoms with van der Waals surface area (Å²) in [6, 6.07) is 0. The fourth-order valence-corrected chi connectivity index (χ4v) is 1.25. The van der Waals surface area contributed by atoms with E-state index in [4.69, 9.17) is 0 Å². The van der Waals surface area contributed by atoms with Gasteiger partial charge in [-0.15, -0.1) is 13.1 Å². The summed E-state index contributed by atoms with van der Waals surface area (Å²) in [6.07, 6.45) is 4.04. The molecule has 1 aliphatic rings. The van der Waals surface area contributed by atoms with Crippen molar-refractivity contribution < 1.29 is 58.2 Å². The number of nitrogens with zero attached hydrogens (tertiary/aromatic N) is 1. The van der Waals surface area contributed by atoms with Crippen molar-refractivity contribution in [2.24, 2.45) is 0 Å². The van der Waals surface area contributed by atoms with Crippen molar-refractivity contribution in [3.05, 3.63) is 40.8 Å². The van der Waals surface area contributed by atoms with Gasteiger partial charge in [-0.05, 0) is 13.8 Å². The van der Waals surface area contributed by atoms with Gasteiger partial charge in [-0.1, -0.05) is 49.3 Å². The van der Waals surface area contributed by atoms with Crippen LogP contribution in [0.4, 0.5) is 0 Å². The Morgan fingerprint density at radius 2 is 1.93 bits per heavy atom. The minimum Gasteiger partial charge on any atom is -0.655 e. The van der Waals surface area contributed by atoms with Crippen LogP contribution in [0.5, 0.6) is 0 Å². The minimum atomic E-state index is 0. The molecule has 0 aromatic heterocycles. The summed E-state index contributed by atoms with van der Waals surface area (Å²) in [4.78, 5) is 0. The smallest absolute Gasteiger partial charge is 0.655 e. The van der Waals surface area contributed by atoms with E-state index in [1.165, 1.54) is 16.7 Å². The molecule has 1 heterocycles. The molecular formula is C12H20NRb. The maximum Gasteiger partial charge on any atom is 1.00 e. The minimum absolute atomic E-state index is 0. The SMILES string of the molecule is C=C/C(C)=C1/C[N-]C/C1=C/C.CC.[Rb+]. The second-order valence-electron chi connectivity index (χ2n) is 2.72. The normalized spacial score (nSPS) is 20.7. The largest absolute Gasteiger partial charge is 1.00 e. The molecule has 1 saturated heterocycles. The van der Waals surface area contributed by atoms with Crippen LogP contribution in [0, 0.1) is 0 Å². The van der Waals surface area contributed by atoms with Crippen LogP contribution >= 0.6 is 0 Å². The zero-order valence-corrected chi connectivity index (χ0v) is 15.1. The molecule has 0 spiro atoms. The first-order valence-corrected chi connectivity index (χ1v) is 4.90. The summed E-state index contributed by atoms with van der Waals surface area (Å²) in [5.41, 5.74) is 3.99.